The average Bonchev–Trinajstić information content (AvgIpc) is 1.76. The van der Waals surface area contributed by atoms with E-state index in [1.807, 2.05) is 30.3 Å². The number of hydrogen-bond donors (Lipinski definition) is 0. The number of rotatable bonds is 0. The molecular weight excluding hydrogens is 229 g/mol. The standard InChI is InChI=1S/C5H5.CH3.3ClH.V/c1-2-4-5-3-1;;;;;/h1-5H;1H3;3*1H;/q2*-1;;;;/p-3. The first kappa shape index (κ1) is 30.8. The van der Waals surface area contributed by atoms with E-state index in [-0.39, 0.29) is 63.2 Å². The summed E-state index contributed by atoms with van der Waals surface area (Å²) in [6.07, 6.45) is 0. The fourth-order valence-electron chi connectivity index (χ4n) is 0.321. The van der Waals surface area contributed by atoms with Crippen LogP contribution in [-0.4, -0.2) is 0 Å². The Morgan fingerprint density at radius 1 is 0.800 bits per heavy atom. The van der Waals surface area contributed by atoms with Crippen LogP contribution in [0.3, 0.4) is 0 Å². The summed E-state index contributed by atoms with van der Waals surface area (Å²) in [6.45, 7) is 0. The van der Waals surface area contributed by atoms with Crippen molar-refractivity contribution in [3.63, 3.8) is 0 Å². The van der Waals surface area contributed by atoms with Crippen LogP contribution >= 0.6 is 0 Å². The average molecular weight is 237 g/mol. The van der Waals surface area contributed by atoms with Crippen molar-refractivity contribution in [1.82, 2.24) is 0 Å². The topological polar surface area (TPSA) is 0 Å². The predicted molar refractivity (Wildman–Crippen MR) is 28.4 cm³/mol. The second-order valence-electron chi connectivity index (χ2n) is 0.962. The normalized spacial score (nSPS) is 4.00. The van der Waals surface area contributed by atoms with Crippen molar-refractivity contribution in [2.75, 3.05) is 0 Å². The molecule has 0 aliphatic carbocycles. The van der Waals surface area contributed by atoms with Crippen LogP contribution < -0.4 is 37.2 Å². The van der Waals surface area contributed by atoms with E-state index in [9.17, 15) is 0 Å². The molecule has 1 aromatic carbocycles. The Bertz CT molecular complexity index is 69.5. The van der Waals surface area contributed by atoms with Crippen molar-refractivity contribution in [2.24, 2.45) is 0 Å². The third kappa shape index (κ3) is 15.9. The van der Waals surface area contributed by atoms with Gasteiger partial charge in [-0.05, 0) is 0 Å². The minimum absolute atomic E-state index is 0. The summed E-state index contributed by atoms with van der Waals surface area (Å²) in [5.41, 5.74) is 0. The summed E-state index contributed by atoms with van der Waals surface area (Å²) < 4.78 is 0. The van der Waals surface area contributed by atoms with E-state index in [1.165, 1.54) is 0 Å². The second kappa shape index (κ2) is 22.6. The molecule has 0 heterocycles. The SMILES string of the molecule is [CH3-].[Cl-].[Cl-].[Cl-].[V].c1cc[cH-]c1. The van der Waals surface area contributed by atoms with Gasteiger partial charge in [-0.3, -0.25) is 0 Å². The quantitative estimate of drug-likeness (QED) is 0.394. The molecule has 0 spiro atoms. The monoisotopic (exact) mass is 236 g/mol. The molecule has 0 fully saturated rings. The molecule has 0 nitrogen and oxygen atoms in total. The summed E-state index contributed by atoms with van der Waals surface area (Å²) in [5, 5.41) is 0. The van der Waals surface area contributed by atoms with E-state index in [1.54, 1.807) is 0 Å². The number of hydrogen-bond acceptors (Lipinski definition) is 0. The molecule has 63 valence electrons. The van der Waals surface area contributed by atoms with E-state index < -0.39 is 0 Å². The molecule has 0 amide bonds. The molecule has 0 bridgehead atoms. The molecule has 0 N–H and O–H groups in total. The Kier molecular flexibility index (Phi) is 69.5. The molecule has 1 radical (unpaired) electrons. The van der Waals surface area contributed by atoms with E-state index >= 15 is 0 Å². The van der Waals surface area contributed by atoms with Gasteiger partial charge in [0.25, 0.3) is 0 Å². The summed E-state index contributed by atoms with van der Waals surface area (Å²) in [4.78, 5) is 0. The maximum Gasteiger partial charge on any atom is 0 e. The molecule has 0 aromatic heterocycles. The van der Waals surface area contributed by atoms with Gasteiger partial charge >= 0.3 is 0 Å². The van der Waals surface area contributed by atoms with Gasteiger partial charge in [0, 0.05) is 18.6 Å². The number of halogens is 3. The minimum atomic E-state index is 0. The van der Waals surface area contributed by atoms with Crippen molar-refractivity contribution in [1.29, 1.82) is 0 Å². The summed E-state index contributed by atoms with van der Waals surface area (Å²) in [7, 11) is 0. The smallest absolute Gasteiger partial charge is 0 e. The van der Waals surface area contributed by atoms with Gasteiger partial charge in [0.05, 0.1) is 0 Å². The molecule has 0 aliphatic rings. The van der Waals surface area contributed by atoms with Gasteiger partial charge < -0.3 is 44.6 Å². The Balaban J connectivity index is -0.0000000167. The van der Waals surface area contributed by atoms with Gasteiger partial charge in [0.2, 0.25) is 0 Å². The van der Waals surface area contributed by atoms with E-state index in [0.29, 0.717) is 0 Å². The first-order valence-electron chi connectivity index (χ1n) is 1.67. The summed E-state index contributed by atoms with van der Waals surface area (Å²) in [6, 6.07) is 10.0. The van der Waals surface area contributed by atoms with Gasteiger partial charge in [-0.25, -0.2) is 12.1 Å². The minimum Gasteiger partial charge on any atom is -1.00 e. The van der Waals surface area contributed by atoms with Gasteiger partial charge in [0.15, 0.2) is 0 Å². The predicted octanol–water partition coefficient (Wildman–Crippen LogP) is -7.13. The van der Waals surface area contributed by atoms with Crippen LogP contribution in [0.2, 0.25) is 0 Å². The second-order valence-corrected chi connectivity index (χ2v) is 0.962. The Labute approximate surface area is 93.3 Å². The fourth-order valence-corrected chi connectivity index (χ4v) is 0.321. The molecule has 10 heavy (non-hydrogen) atoms. The van der Waals surface area contributed by atoms with Crippen LogP contribution in [0.4, 0.5) is 0 Å². The van der Waals surface area contributed by atoms with Crippen molar-refractivity contribution in [3.8, 4) is 0 Å². The van der Waals surface area contributed by atoms with Gasteiger partial charge in [-0.1, -0.05) is 0 Å². The van der Waals surface area contributed by atoms with Crippen LogP contribution in [0.5, 0.6) is 0 Å². The molecule has 1 rings (SSSR count). The molecule has 1 aromatic rings. The Morgan fingerprint density at radius 2 is 1.10 bits per heavy atom. The van der Waals surface area contributed by atoms with Crippen molar-refractivity contribution >= 4 is 0 Å². The van der Waals surface area contributed by atoms with E-state index in [0.717, 1.165) is 0 Å². The van der Waals surface area contributed by atoms with Crippen molar-refractivity contribution < 1.29 is 55.8 Å². The third-order valence-electron chi connectivity index (χ3n) is 0.556. The zero-order chi connectivity index (χ0) is 3.54. The molecule has 0 unspecified atom stereocenters. The maximum atomic E-state index is 2.00. The zero-order valence-electron chi connectivity index (χ0n) is 5.47. The van der Waals surface area contributed by atoms with Crippen LogP contribution in [0.25, 0.3) is 0 Å². The summed E-state index contributed by atoms with van der Waals surface area (Å²) >= 11 is 0. The first-order chi connectivity index (χ1) is 2.50. The third-order valence-corrected chi connectivity index (χ3v) is 0.556. The molecular formula is C6H8Cl3V-5. The fraction of sp³-hybridized carbons (Fsp3) is 0. The van der Waals surface area contributed by atoms with Crippen LogP contribution in [0.1, 0.15) is 0 Å². The largest absolute Gasteiger partial charge is 1.00 e. The van der Waals surface area contributed by atoms with E-state index in [2.05, 4.69) is 0 Å². The van der Waals surface area contributed by atoms with E-state index in [4.69, 9.17) is 0 Å². The molecule has 0 saturated carbocycles. The van der Waals surface area contributed by atoms with Gasteiger partial charge in [0.1, 0.15) is 0 Å². The maximum absolute atomic E-state index is 2.00. The van der Waals surface area contributed by atoms with Crippen molar-refractivity contribution in [2.45, 2.75) is 0 Å². The zero-order valence-corrected chi connectivity index (χ0v) is 9.13. The molecule has 4 heteroatoms. The molecule has 0 atom stereocenters. The van der Waals surface area contributed by atoms with Crippen LogP contribution in [-0.2, 0) is 18.6 Å². The van der Waals surface area contributed by atoms with Crippen LogP contribution in [0, 0.1) is 7.43 Å². The first-order valence-corrected chi connectivity index (χ1v) is 1.67. The summed E-state index contributed by atoms with van der Waals surface area (Å²) in [5.74, 6) is 0. The van der Waals surface area contributed by atoms with Crippen LogP contribution in [0.15, 0.2) is 30.3 Å². The Morgan fingerprint density at radius 3 is 1.20 bits per heavy atom. The Hall–Kier alpha value is 0.804. The molecule has 0 saturated heterocycles. The van der Waals surface area contributed by atoms with Gasteiger partial charge in [-0.2, -0.15) is 18.2 Å². The van der Waals surface area contributed by atoms with Gasteiger partial charge in [-0.15, -0.1) is 0 Å². The van der Waals surface area contributed by atoms with Crippen molar-refractivity contribution in [3.05, 3.63) is 37.8 Å². The molecule has 0 aliphatic heterocycles.